The van der Waals surface area contributed by atoms with Gasteiger partial charge in [-0.05, 0) is 29.0 Å². The number of hydrogen-bond acceptors (Lipinski definition) is 6. The van der Waals surface area contributed by atoms with Gasteiger partial charge in [0.25, 0.3) is 11.5 Å². The maximum absolute atomic E-state index is 13.0. The summed E-state index contributed by atoms with van der Waals surface area (Å²) in [5.74, 6) is -1.24. The summed E-state index contributed by atoms with van der Waals surface area (Å²) in [4.78, 5) is 53.0. The van der Waals surface area contributed by atoms with Gasteiger partial charge in [-0.1, -0.05) is 54.6 Å². The fourth-order valence-electron chi connectivity index (χ4n) is 4.58. The molecule has 1 aliphatic rings. The van der Waals surface area contributed by atoms with Crippen LogP contribution in [0.3, 0.4) is 0 Å². The Morgan fingerprint density at radius 2 is 1.70 bits per heavy atom. The van der Waals surface area contributed by atoms with E-state index in [1.165, 1.54) is 7.11 Å². The molecule has 1 amide bonds. The summed E-state index contributed by atoms with van der Waals surface area (Å²) in [7, 11) is 1.35. The van der Waals surface area contributed by atoms with Crippen molar-refractivity contribution < 1.29 is 14.3 Å². The molecule has 0 fully saturated rings. The summed E-state index contributed by atoms with van der Waals surface area (Å²) in [5, 5.41) is 2.89. The molecule has 0 unspecified atom stereocenters. The average Bonchev–Trinajstić information content (AvgIpc) is 2.82. The number of aromatic nitrogens is 2. The van der Waals surface area contributed by atoms with Gasteiger partial charge in [0.2, 0.25) is 0 Å². The van der Waals surface area contributed by atoms with E-state index in [0.29, 0.717) is 6.42 Å². The quantitative estimate of drug-likeness (QED) is 0.438. The minimum atomic E-state index is -0.833. The SMILES string of the molecule is COC(=O)C[C@H]1C[C@H](NC(=O)c2[nH]c(=O)[nH]c(=O)c2N)c2ccccc2[C@@H]1c1ccccc1. The largest absolute Gasteiger partial charge is 0.469 e. The molecule has 1 aliphatic carbocycles. The number of esters is 1. The second-order valence-corrected chi connectivity index (χ2v) is 8.02. The van der Waals surface area contributed by atoms with Gasteiger partial charge in [-0.3, -0.25) is 19.4 Å². The lowest BCUT2D eigenvalue weighted by molar-refractivity contribution is -0.142. The Morgan fingerprint density at radius 1 is 1.03 bits per heavy atom. The first-order valence-electron chi connectivity index (χ1n) is 10.5. The molecule has 4 rings (SSSR count). The number of methoxy groups -OCH3 is 1. The van der Waals surface area contributed by atoms with Gasteiger partial charge in [0.15, 0.2) is 0 Å². The molecule has 3 aromatic rings. The van der Waals surface area contributed by atoms with E-state index >= 15 is 0 Å². The lowest BCUT2D eigenvalue weighted by Crippen LogP contribution is -2.39. The van der Waals surface area contributed by atoms with Gasteiger partial charge in [-0.15, -0.1) is 0 Å². The molecule has 33 heavy (non-hydrogen) atoms. The van der Waals surface area contributed by atoms with Gasteiger partial charge >= 0.3 is 11.7 Å². The zero-order valence-corrected chi connectivity index (χ0v) is 18.0. The van der Waals surface area contributed by atoms with E-state index in [1.807, 2.05) is 59.6 Å². The van der Waals surface area contributed by atoms with Crippen molar-refractivity contribution in [2.24, 2.45) is 5.92 Å². The van der Waals surface area contributed by atoms with E-state index in [0.717, 1.165) is 16.7 Å². The number of aromatic amines is 2. The van der Waals surface area contributed by atoms with Crippen LogP contribution in [0.2, 0.25) is 0 Å². The zero-order valence-electron chi connectivity index (χ0n) is 18.0. The molecule has 0 radical (unpaired) electrons. The smallest absolute Gasteiger partial charge is 0.326 e. The number of nitrogen functional groups attached to an aromatic ring is 1. The van der Waals surface area contributed by atoms with Crippen molar-refractivity contribution in [3.8, 4) is 0 Å². The summed E-state index contributed by atoms with van der Waals surface area (Å²) < 4.78 is 4.93. The Balaban J connectivity index is 1.75. The van der Waals surface area contributed by atoms with Crippen molar-refractivity contribution in [1.29, 1.82) is 0 Å². The molecule has 0 saturated carbocycles. The number of nitrogens with one attached hydrogen (secondary N) is 3. The van der Waals surface area contributed by atoms with Crippen molar-refractivity contribution in [2.45, 2.75) is 24.8 Å². The molecular weight excluding hydrogens is 424 g/mol. The number of anilines is 1. The third-order valence-electron chi connectivity index (χ3n) is 6.04. The molecule has 0 aliphatic heterocycles. The third-order valence-corrected chi connectivity index (χ3v) is 6.04. The van der Waals surface area contributed by atoms with Crippen molar-refractivity contribution in [3.63, 3.8) is 0 Å². The first-order valence-corrected chi connectivity index (χ1v) is 10.5. The van der Waals surface area contributed by atoms with Crippen molar-refractivity contribution >= 4 is 17.6 Å². The molecule has 0 spiro atoms. The lowest BCUT2D eigenvalue weighted by atomic mass is 9.69. The maximum Gasteiger partial charge on any atom is 0.326 e. The minimum absolute atomic E-state index is 0.0703. The first-order chi connectivity index (χ1) is 15.9. The summed E-state index contributed by atoms with van der Waals surface area (Å²) in [6.07, 6.45) is 0.617. The second kappa shape index (κ2) is 9.15. The van der Waals surface area contributed by atoms with Crippen LogP contribution in [0.25, 0.3) is 0 Å². The summed E-state index contributed by atoms with van der Waals surface area (Å²) in [6, 6.07) is 17.1. The third kappa shape index (κ3) is 4.43. The Labute approximate surface area is 189 Å². The predicted octanol–water partition coefficient (Wildman–Crippen LogP) is 1.83. The molecule has 0 saturated heterocycles. The topological polar surface area (TPSA) is 147 Å². The Kier molecular flexibility index (Phi) is 6.12. The molecule has 0 bridgehead atoms. The highest BCUT2D eigenvalue weighted by Crippen LogP contribution is 2.46. The van der Waals surface area contributed by atoms with E-state index in [-0.39, 0.29) is 35.6 Å². The van der Waals surface area contributed by atoms with E-state index in [4.69, 9.17) is 10.5 Å². The number of amides is 1. The standard InChI is InChI=1S/C24H24N4O5/c1-33-18(29)12-14-11-17(26-23(31)21-20(25)22(30)28-24(32)27-21)15-9-5-6-10-16(15)19(14)13-7-3-2-4-8-13/h2-10,14,17,19H,11-12,25H2,1H3,(H,26,31)(H2,27,28,30,32)/t14-,17+,19-/m1/s1. The predicted molar refractivity (Wildman–Crippen MR) is 122 cm³/mol. The maximum atomic E-state index is 13.0. The van der Waals surface area contributed by atoms with E-state index in [9.17, 15) is 19.2 Å². The molecule has 1 heterocycles. The minimum Gasteiger partial charge on any atom is -0.469 e. The van der Waals surface area contributed by atoms with Crippen molar-refractivity contribution in [2.75, 3.05) is 12.8 Å². The lowest BCUT2D eigenvalue weighted by Gasteiger charge is -2.38. The molecule has 1 aromatic heterocycles. The fourth-order valence-corrected chi connectivity index (χ4v) is 4.58. The Morgan fingerprint density at radius 3 is 2.39 bits per heavy atom. The molecule has 3 atom stereocenters. The normalized spacial score (nSPS) is 19.4. The van der Waals surface area contributed by atoms with Crippen LogP contribution in [0.5, 0.6) is 0 Å². The number of fused-ring (bicyclic) bond motifs is 1. The number of carbonyl (C=O) groups excluding carboxylic acids is 2. The summed E-state index contributed by atoms with van der Waals surface area (Å²) >= 11 is 0. The summed E-state index contributed by atoms with van der Waals surface area (Å²) in [5.41, 5.74) is 6.35. The van der Waals surface area contributed by atoms with Gasteiger partial charge < -0.3 is 20.8 Å². The number of nitrogens with two attached hydrogens (primary N) is 1. The Hall–Kier alpha value is -4.14. The van der Waals surface area contributed by atoms with Crippen molar-refractivity contribution in [3.05, 3.63) is 97.8 Å². The van der Waals surface area contributed by atoms with Crippen LogP contribution < -0.4 is 22.3 Å². The second-order valence-electron chi connectivity index (χ2n) is 8.02. The number of ether oxygens (including phenoxy) is 1. The fraction of sp³-hybridized carbons (Fsp3) is 0.250. The molecule has 2 aromatic carbocycles. The van der Waals surface area contributed by atoms with E-state index in [2.05, 4.69) is 10.3 Å². The highest BCUT2D eigenvalue weighted by atomic mass is 16.5. The van der Waals surface area contributed by atoms with Gasteiger partial charge in [0, 0.05) is 12.3 Å². The van der Waals surface area contributed by atoms with Crippen LogP contribution in [0.15, 0.2) is 64.2 Å². The number of hydrogen-bond donors (Lipinski definition) is 4. The van der Waals surface area contributed by atoms with Crippen LogP contribution >= 0.6 is 0 Å². The number of benzene rings is 2. The highest BCUT2D eigenvalue weighted by Gasteiger charge is 2.38. The van der Waals surface area contributed by atoms with Crippen LogP contribution in [-0.4, -0.2) is 29.0 Å². The van der Waals surface area contributed by atoms with Crippen LogP contribution in [-0.2, 0) is 9.53 Å². The number of carbonyl (C=O) groups is 2. The van der Waals surface area contributed by atoms with Gasteiger partial charge in [0.05, 0.1) is 13.2 Å². The first kappa shape index (κ1) is 22.1. The number of H-pyrrole nitrogens is 2. The average molecular weight is 448 g/mol. The van der Waals surface area contributed by atoms with Crippen molar-refractivity contribution in [1.82, 2.24) is 15.3 Å². The summed E-state index contributed by atoms with van der Waals surface area (Å²) in [6.45, 7) is 0. The Bertz CT molecular complexity index is 1300. The van der Waals surface area contributed by atoms with Gasteiger partial charge in [0.1, 0.15) is 11.4 Å². The van der Waals surface area contributed by atoms with Crippen LogP contribution in [0, 0.1) is 5.92 Å². The highest BCUT2D eigenvalue weighted by molar-refractivity contribution is 5.97. The molecule has 9 heteroatoms. The van der Waals surface area contributed by atoms with Gasteiger partial charge in [-0.2, -0.15) is 0 Å². The van der Waals surface area contributed by atoms with Gasteiger partial charge in [-0.25, -0.2) is 4.79 Å². The number of rotatable bonds is 5. The zero-order chi connectivity index (χ0) is 23.5. The van der Waals surface area contributed by atoms with E-state index in [1.54, 1.807) is 0 Å². The molecule has 170 valence electrons. The molecule has 9 nitrogen and oxygen atoms in total. The van der Waals surface area contributed by atoms with Crippen LogP contribution in [0.1, 0.15) is 52.0 Å². The molecular formula is C24H24N4O5. The van der Waals surface area contributed by atoms with E-state index < -0.39 is 23.2 Å². The molecule has 5 N–H and O–H groups in total. The van der Waals surface area contributed by atoms with Crippen LogP contribution in [0.4, 0.5) is 5.69 Å². The monoisotopic (exact) mass is 448 g/mol.